The first-order valence-corrected chi connectivity index (χ1v) is 7.96. The SMILES string of the molecule is CI(C)C1CC1(F)F. The number of hydrogen-bond acceptors (Lipinski definition) is 0. The van der Waals surface area contributed by atoms with Gasteiger partial charge in [-0.2, -0.15) is 0 Å². The number of halogens is 3. The normalized spacial score (nSPS) is 34.5. The second-order valence-electron chi connectivity index (χ2n) is 2.25. The average Bonchev–Trinajstić information content (AvgIpc) is 2.13. The molecule has 1 rings (SSSR count). The summed E-state index contributed by atoms with van der Waals surface area (Å²) in [5.74, 6) is -2.24. The molecule has 1 unspecified atom stereocenters. The van der Waals surface area contributed by atoms with Crippen molar-refractivity contribution in [1.29, 1.82) is 0 Å². The van der Waals surface area contributed by atoms with Crippen molar-refractivity contribution in [1.82, 2.24) is 0 Å². The second kappa shape index (κ2) is 1.78. The maximum absolute atomic E-state index is 12.1. The summed E-state index contributed by atoms with van der Waals surface area (Å²) in [6, 6.07) is 0. The van der Waals surface area contributed by atoms with Gasteiger partial charge in [0.05, 0.1) is 0 Å². The molecule has 0 radical (unpaired) electrons. The van der Waals surface area contributed by atoms with E-state index in [0.29, 0.717) is 0 Å². The minimum absolute atomic E-state index is 0.160. The Morgan fingerprint density at radius 3 is 1.88 bits per heavy atom. The van der Waals surface area contributed by atoms with Crippen LogP contribution in [0.4, 0.5) is 8.78 Å². The Kier molecular flexibility index (Phi) is 1.50. The Balaban J connectivity index is 2.37. The molecule has 0 nitrogen and oxygen atoms in total. The van der Waals surface area contributed by atoms with Crippen LogP contribution in [0.1, 0.15) is 6.42 Å². The zero-order valence-corrected chi connectivity index (χ0v) is 7.08. The molecule has 0 N–H and O–H groups in total. The van der Waals surface area contributed by atoms with Crippen molar-refractivity contribution in [3.63, 3.8) is 0 Å². The van der Waals surface area contributed by atoms with Crippen LogP contribution in [0.3, 0.4) is 0 Å². The summed E-state index contributed by atoms with van der Waals surface area (Å²) in [7, 11) is 0. The molecule has 1 saturated carbocycles. The van der Waals surface area contributed by atoms with Crippen molar-refractivity contribution in [3.05, 3.63) is 0 Å². The predicted octanol–water partition coefficient (Wildman–Crippen LogP) is 2.16. The molecule has 0 aromatic carbocycles. The van der Waals surface area contributed by atoms with Gasteiger partial charge in [-0.05, 0) is 0 Å². The van der Waals surface area contributed by atoms with Gasteiger partial charge in [-0.3, -0.25) is 0 Å². The van der Waals surface area contributed by atoms with Crippen molar-refractivity contribution in [2.75, 3.05) is 9.86 Å². The molecule has 0 aromatic rings. The van der Waals surface area contributed by atoms with Gasteiger partial charge in [0.25, 0.3) is 0 Å². The average molecular weight is 234 g/mol. The molecule has 1 atom stereocenters. The summed E-state index contributed by atoms with van der Waals surface area (Å²) in [6.45, 7) is 0. The molecule has 50 valence electrons. The Hall–Kier alpha value is 0.590. The predicted molar refractivity (Wildman–Crippen MR) is 39.2 cm³/mol. The van der Waals surface area contributed by atoms with E-state index in [2.05, 4.69) is 0 Å². The standard InChI is InChI=1S/C5H9F2I/c1-8(2)4-3-5(4,6)7/h4H,3H2,1-2H3. The van der Waals surface area contributed by atoms with E-state index in [1.807, 2.05) is 9.86 Å². The molecular formula is C5H9F2I. The summed E-state index contributed by atoms with van der Waals surface area (Å²) in [5.41, 5.74) is 0. The number of alkyl halides is 5. The Bertz CT molecular complexity index is 101. The summed E-state index contributed by atoms with van der Waals surface area (Å²) in [4.78, 5) is 3.99. The van der Waals surface area contributed by atoms with Crippen molar-refractivity contribution >= 4 is 19.8 Å². The molecule has 0 aliphatic heterocycles. The van der Waals surface area contributed by atoms with Gasteiger partial charge in [0.2, 0.25) is 0 Å². The Morgan fingerprint density at radius 2 is 1.88 bits per heavy atom. The quantitative estimate of drug-likeness (QED) is 0.481. The van der Waals surface area contributed by atoms with E-state index in [-0.39, 0.29) is 10.3 Å². The number of rotatable bonds is 1. The zero-order chi connectivity index (χ0) is 6.36. The van der Waals surface area contributed by atoms with Crippen molar-refractivity contribution < 1.29 is 8.78 Å². The van der Waals surface area contributed by atoms with Crippen LogP contribution in [0.2, 0.25) is 0 Å². The van der Waals surface area contributed by atoms with Gasteiger partial charge in [0, 0.05) is 0 Å². The molecule has 1 aliphatic rings. The molecule has 0 saturated heterocycles. The fourth-order valence-corrected chi connectivity index (χ4v) is 3.94. The molecule has 0 amide bonds. The first-order chi connectivity index (χ1) is 3.54. The summed E-state index contributed by atoms with van der Waals surface area (Å²) in [6.07, 6.45) is 0.185. The Morgan fingerprint density at radius 1 is 1.50 bits per heavy atom. The third-order valence-corrected chi connectivity index (χ3v) is 5.64. The first kappa shape index (κ1) is 6.71. The molecule has 3 heteroatoms. The van der Waals surface area contributed by atoms with E-state index in [4.69, 9.17) is 0 Å². The van der Waals surface area contributed by atoms with Crippen molar-refractivity contribution in [2.24, 2.45) is 0 Å². The third kappa shape index (κ3) is 1.11. The van der Waals surface area contributed by atoms with Gasteiger partial charge in [-0.1, -0.05) is 0 Å². The van der Waals surface area contributed by atoms with Crippen LogP contribution < -0.4 is 0 Å². The second-order valence-corrected chi connectivity index (χ2v) is 8.40. The first-order valence-electron chi connectivity index (χ1n) is 2.40. The number of hydrogen-bond donors (Lipinski definition) is 0. The fourth-order valence-electron chi connectivity index (χ4n) is 0.654. The summed E-state index contributed by atoms with van der Waals surface area (Å²) < 4.78 is 24.0. The van der Waals surface area contributed by atoms with E-state index >= 15 is 0 Å². The van der Waals surface area contributed by atoms with Crippen LogP contribution in [0.15, 0.2) is 0 Å². The van der Waals surface area contributed by atoms with Gasteiger partial charge < -0.3 is 0 Å². The van der Waals surface area contributed by atoms with Gasteiger partial charge in [-0.25, -0.2) is 0 Å². The van der Waals surface area contributed by atoms with Crippen LogP contribution in [0.25, 0.3) is 0 Å². The van der Waals surface area contributed by atoms with Crippen LogP contribution in [-0.4, -0.2) is 19.7 Å². The minimum atomic E-state index is -2.24. The van der Waals surface area contributed by atoms with Crippen molar-refractivity contribution in [3.8, 4) is 0 Å². The maximum atomic E-state index is 12.1. The topological polar surface area (TPSA) is 0 Å². The summed E-state index contributed by atoms with van der Waals surface area (Å²) in [5, 5.41) is 0. The van der Waals surface area contributed by atoms with Crippen LogP contribution in [0, 0.1) is 0 Å². The third-order valence-electron chi connectivity index (χ3n) is 1.28. The fraction of sp³-hybridized carbons (Fsp3) is 1.00. The zero-order valence-electron chi connectivity index (χ0n) is 4.92. The van der Waals surface area contributed by atoms with Gasteiger partial charge >= 0.3 is 54.7 Å². The molecule has 8 heavy (non-hydrogen) atoms. The van der Waals surface area contributed by atoms with Crippen LogP contribution >= 0.6 is 19.8 Å². The van der Waals surface area contributed by atoms with Gasteiger partial charge in [-0.15, -0.1) is 0 Å². The molecule has 1 fully saturated rings. The molecule has 0 bridgehead atoms. The van der Waals surface area contributed by atoms with E-state index < -0.39 is 25.7 Å². The van der Waals surface area contributed by atoms with E-state index in [9.17, 15) is 8.78 Å². The van der Waals surface area contributed by atoms with E-state index in [1.54, 1.807) is 0 Å². The van der Waals surface area contributed by atoms with E-state index in [1.165, 1.54) is 0 Å². The molecule has 0 heterocycles. The Labute approximate surface area is 55.0 Å². The molecule has 0 spiro atoms. The van der Waals surface area contributed by atoms with Crippen LogP contribution in [0.5, 0.6) is 0 Å². The van der Waals surface area contributed by atoms with Crippen molar-refractivity contribution in [2.45, 2.75) is 16.3 Å². The van der Waals surface area contributed by atoms with Gasteiger partial charge in [0.15, 0.2) is 0 Å². The van der Waals surface area contributed by atoms with E-state index in [0.717, 1.165) is 0 Å². The van der Waals surface area contributed by atoms with Crippen LogP contribution in [-0.2, 0) is 0 Å². The molecule has 0 aromatic heterocycles. The molecular weight excluding hydrogens is 225 g/mol. The summed E-state index contributed by atoms with van der Waals surface area (Å²) >= 11 is -1.16. The molecule has 1 aliphatic carbocycles. The monoisotopic (exact) mass is 234 g/mol. The van der Waals surface area contributed by atoms with Gasteiger partial charge in [0.1, 0.15) is 0 Å².